The molecule has 0 aliphatic carbocycles. The number of halogens is 3. The number of benzene rings is 1. The lowest BCUT2D eigenvalue weighted by atomic mass is 10.1. The number of anilines is 1. The van der Waals surface area contributed by atoms with Gasteiger partial charge in [-0.25, -0.2) is 0 Å². The number of rotatable bonds is 4. The molecule has 0 heterocycles. The lowest BCUT2D eigenvalue weighted by Gasteiger charge is -2.18. The quantitative estimate of drug-likeness (QED) is 0.685. The summed E-state index contributed by atoms with van der Waals surface area (Å²) in [7, 11) is 0. The summed E-state index contributed by atoms with van der Waals surface area (Å²) in [6.07, 6.45) is -5.00. The molecule has 1 aromatic rings. The van der Waals surface area contributed by atoms with Crippen LogP contribution < -0.4 is 5.32 Å². The highest BCUT2D eigenvalue weighted by atomic mass is 19.4. The molecule has 0 radical (unpaired) electrons. The van der Waals surface area contributed by atoms with Gasteiger partial charge in [-0.3, -0.25) is 9.59 Å². The Morgan fingerprint density at radius 3 is 2.25 bits per heavy atom. The van der Waals surface area contributed by atoms with Gasteiger partial charge >= 0.3 is 12.1 Å². The normalized spacial score (nSPS) is 12.7. The third kappa shape index (κ3) is 4.25. The van der Waals surface area contributed by atoms with Crippen LogP contribution >= 0.6 is 0 Å². The molecule has 0 aromatic heterocycles. The molecule has 0 saturated heterocycles. The van der Waals surface area contributed by atoms with E-state index in [4.69, 9.17) is 0 Å². The molecule has 7 heteroatoms. The lowest BCUT2D eigenvalue weighted by molar-refractivity contribution is -0.196. The maximum Gasteiger partial charge on any atom is 0.411 e. The fraction of sp³-hybridized carbons (Fsp3) is 0.385. The van der Waals surface area contributed by atoms with Gasteiger partial charge in [0.2, 0.25) is 11.8 Å². The molecule has 20 heavy (non-hydrogen) atoms. The number of nitrogens with one attached hydrogen (secondary N) is 1. The van der Waals surface area contributed by atoms with Gasteiger partial charge in [-0.2, -0.15) is 13.2 Å². The second-order valence-corrected chi connectivity index (χ2v) is 4.08. The summed E-state index contributed by atoms with van der Waals surface area (Å²) >= 11 is 0. The van der Waals surface area contributed by atoms with Gasteiger partial charge in [-0.1, -0.05) is 17.7 Å². The van der Waals surface area contributed by atoms with Gasteiger partial charge in [0.1, 0.15) is 0 Å². The van der Waals surface area contributed by atoms with Gasteiger partial charge in [0.25, 0.3) is 0 Å². The van der Waals surface area contributed by atoms with Crippen LogP contribution in [-0.2, 0) is 14.3 Å². The highest BCUT2D eigenvalue weighted by Crippen LogP contribution is 2.28. The molecule has 0 aliphatic heterocycles. The van der Waals surface area contributed by atoms with E-state index in [0.29, 0.717) is 0 Å². The third-order valence-electron chi connectivity index (χ3n) is 2.43. The molecule has 1 atom stereocenters. The van der Waals surface area contributed by atoms with Crippen LogP contribution in [0.25, 0.3) is 0 Å². The van der Waals surface area contributed by atoms with E-state index in [9.17, 15) is 22.8 Å². The van der Waals surface area contributed by atoms with Crippen molar-refractivity contribution < 1.29 is 27.5 Å². The lowest BCUT2D eigenvalue weighted by Crippen LogP contribution is -2.41. The van der Waals surface area contributed by atoms with Gasteiger partial charge in [0, 0.05) is 5.69 Å². The summed E-state index contributed by atoms with van der Waals surface area (Å²) in [5, 5.41) is 2.06. The zero-order valence-electron chi connectivity index (χ0n) is 11.0. The second kappa shape index (κ2) is 6.40. The first kappa shape index (κ1) is 16.0. The highest BCUT2D eigenvalue weighted by Gasteiger charge is 2.51. The van der Waals surface area contributed by atoms with Crippen molar-refractivity contribution in [2.45, 2.75) is 20.0 Å². The van der Waals surface area contributed by atoms with Gasteiger partial charge < -0.3 is 10.1 Å². The molecule has 1 aromatic carbocycles. The number of aryl methyl sites for hydroxylation is 1. The average Bonchev–Trinajstić information content (AvgIpc) is 2.30. The van der Waals surface area contributed by atoms with Crippen molar-refractivity contribution in [2.24, 2.45) is 5.92 Å². The van der Waals surface area contributed by atoms with Crippen molar-refractivity contribution in [3.05, 3.63) is 29.8 Å². The molecule has 0 bridgehead atoms. The maximum absolute atomic E-state index is 12.7. The molecule has 110 valence electrons. The number of hydrogen-bond donors (Lipinski definition) is 1. The minimum Gasteiger partial charge on any atom is -0.465 e. The van der Waals surface area contributed by atoms with E-state index in [-0.39, 0.29) is 12.3 Å². The van der Waals surface area contributed by atoms with E-state index in [0.717, 1.165) is 5.56 Å². The summed E-state index contributed by atoms with van der Waals surface area (Å²) in [5.41, 5.74) is 1.07. The number of alkyl halides is 3. The predicted molar refractivity (Wildman–Crippen MR) is 66.0 cm³/mol. The van der Waals surface area contributed by atoms with Crippen molar-refractivity contribution in [2.75, 3.05) is 11.9 Å². The van der Waals surface area contributed by atoms with Crippen molar-refractivity contribution >= 4 is 17.6 Å². The molecule has 4 nitrogen and oxygen atoms in total. The number of ether oxygens (including phenoxy) is 1. The zero-order chi connectivity index (χ0) is 15.3. The number of hydrogen-bond acceptors (Lipinski definition) is 3. The summed E-state index contributed by atoms with van der Waals surface area (Å²) in [5.74, 6) is -5.90. The molecule has 0 unspecified atom stereocenters. The van der Waals surface area contributed by atoms with E-state index >= 15 is 0 Å². The summed E-state index contributed by atoms with van der Waals surface area (Å²) in [4.78, 5) is 22.9. The molecular weight excluding hydrogens is 275 g/mol. The topological polar surface area (TPSA) is 55.4 Å². The monoisotopic (exact) mass is 289 g/mol. The zero-order valence-corrected chi connectivity index (χ0v) is 11.0. The second-order valence-electron chi connectivity index (χ2n) is 4.08. The Bertz CT molecular complexity index is 483. The number of carbonyl (C=O) groups is 2. The minimum absolute atomic E-state index is 0.180. The van der Waals surface area contributed by atoms with Crippen LogP contribution in [0.15, 0.2) is 24.3 Å². The number of amides is 1. The largest absolute Gasteiger partial charge is 0.465 e. The van der Waals surface area contributed by atoms with Crippen LogP contribution in [0.2, 0.25) is 0 Å². The smallest absolute Gasteiger partial charge is 0.411 e. The molecule has 0 aliphatic rings. The van der Waals surface area contributed by atoms with Crippen LogP contribution in [0.1, 0.15) is 12.5 Å². The molecule has 1 N–H and O–H groups in total. The molecule has 0 saturated carbocycles. The minimum atomic E-state index is -5.00. The standard InChI is InChI=1S/C13H14F3NO3/c1-3-20-12(19)10(13(14,15)16)11(18)17-9-6-4-8(2)5-7-9/h4-7,10H,3H2,1-2H3,(H,17,18)/t10-/m1/s1. The fourth-order valence-electron chi connectivity index (χ4n) is 1.47. The van der Waals surface area contributed by atoms with Crippen LogP contribution in [0.3, 0.4) is 0 Å². The fourth-order valence-corrected chi connectivity index (χ4v) is 1.47. The maximum atomic E-state index is 12.7. The number of carbonyl (C=O) groups excluding carboxylic acids is 2. The highest BCUT2D eigenvalue weighted by molar-refractivity contribution is 6.05. The van der Waals surface area contributed by atoms with E-state index in [1.54, 1.807) is 19.1 Å². The molecule has 0 fully saturated rings. The van der Waals surface area contributed by atoms with Crippen LogP contribution in [0.5, 0.6) is 0 Å². The summed E-state index contributed by atoms with van der Waals surface area (Å²) < 4.78 is 42.5. The molecule has 1 rings (SSSR count). The Hall–Kier alpha value is -2.05. The number of esters is 1. The molecular formula is C13H14F3NO3. The van der Waals surface area contributed by atoms with Crippen molar-refractivity contribution in [1.29, 1.82) is 0 Å². The van der Waals surface area contributed by atoms with E-state index in [1.165, 1.54) is 19.1 Å². The van der Waals surface area contributed by atoms with Gasteiger partial charge in [0.15, 0.2) is 0 Å². The van der Waals surface area contributed by atoms with E-state index < -0.39 is 24.0 Å². The third-order valence-corrected chi connectivity index (χ3v) is 2.43. The SMILES string of the molecule is CCOC(=O)[C@@H](C(=O)Nc1ccc(C)cc1)C(F)(F)F. The van der Waals surface area contributed by atoms with E-state index in [1.807, 2.05) is 0 Å². The van der Waals surface area contributed by atoms with Gasteiger partial charge in [-0.05, 0) is 26.0 Å². The summed E-state index contributed by atoms with van der Waals surface area (Å²) in [6.45, 7) is 2.93. The summed E-state index contributed by atoms with van der Waals surface area (Å²) in [6, 6.07) is 6.16. The Balaban J connectivity index is 2.88. The van der Waals surface area contributed by atoms with E-state index in [2.05, 4.69) is 10.1 Å². The Labute approximate surface area is 113 Å². The Morgan fingerprint density at radius 1 is 1.25 bits per heavy atom. The molecule has 1 amide bonds. The Kier molecular flexibility index (Phi) is 5.12. The van der Waals surface area contributed by atoms with Crippen LogP contribution in [0, 0.1) is 12.8 Å². The van der Waals surface area contributed by atoms with Crippen molar-refractivity contribution in [3.8, 4) is 0 Å². The predicted octanol–water partition coefficient (Wildman–Crippen LogP) is 2.68. The average molecular weight is 289 g/mol. The first-order chi connectivity index (χ1) is 9.25. The first-order valence-corrected chi connectivity index (χ1v) is 5.86. The van der Waals surface area contributed by atoms with Gasteiger partial charge in [-0.15, -0.1) is 0 Å². The molecule has 0 spiro atoms. The van der Waals surface area contributed by atoms with Crippen LogP contribution in [0.4, 0.5) is 18.9 Å². The first-order valence-electron chi connectivity index (χ1n) is 5.86. The van der Waals surface area contributed by atoms with Gasteiger partial charge in [0.05, 0.1) is 6.61 Å². The Morgan fingerprint density at radius 2 is 1.80 bits per heavy atom. The van der Waals surface area contributed by atoms with Crippen molar-refractivity contribution in [3.63, 3.8) is 0 Å². The van der Waals surface area contributed by atoms with Crippen molar-refractivity contribution in [1.82, 2.24) is 0 Å². The van der Waals surface area contributed by atoms with Crippen LogP contribution in [-0.4, -0.2) is 24.7 Å².